The number of halogens is 1. The monoisotopic (exact) mass is 483 g/mol. The number of aromatic nitrogens is 3. The molecular weight excluding hydrogens is 461 g/mol. The number of hydrogen-bond acceptors (Lipinski definition) is 6. The molecule has 32 heavy (non-hydrogen) atoms. The Bertz CT molecular complexity index is 1230. The maximum Gasteiger partial charge on any atom is 0.138 e. The minimum atomic E-state index is -0.734. The zero-order valence-corrected chi connectivity index (χ0v) is 20.2. The molecule has 164 valence electrons. The van der Waals surface area contributed by atoms with Crippen LogP contribution < -0.4 is 5.32 Å². The van der Waals surface area contributed by atoms with Gasteiger partial charge in [0.05, 0.1) is 6.17 Å². The molecule has 1 saturated heterocycles. The Morgan fingerprint density at radius 3 is 2.75 bits per heavy atom. The van der Waals surface area contributed by atoms with Crippen LogP contribution in [0.3, 0.4) is 0 Å². The molecule has 1 fully saturated rings. The van der Waals surface area contributed by atoms with E-state index in [-0.39, 0.29) is 6.17 Å². The standard InChI is InChI=1S/C23H23ClN5OPS/c1-14-9-16(10-20(27-14)29-8-7-25-12-29)19-11-18(21(30)15-3-5-17(24)6-4-15)22(32-19)23-26-13-31-28(23)2/h3-12,21,23,26,30-31H,13H2,1-2H3. The quantitative estimate of drug-likeness (QED) is 0.385. The first-order valence-corrected chi connectivity index (χ1v) is 12.6. The molecule has 3 aromatic heterocycles. The molecule has 6 nitrogen and oxygen atoms in total. The van der Waals surface area contributed by atoms with Gasteiger partial charge in [-0.15, -0.1) is 11.3 Å². The van der Waals surface area contributed by atoms with Crippen LogP contribution in [0.5, 0.6) is 0 Å². The largest absolute Gasteiger partial charge is 0.384 e. The van der Waals surface area contributed by atoms with Gasteiger partial charge < -0.3 is 5.11 Å². The summed E-state index contributed by atoms with van der Waals surface area (Å²) in [6.07, 6.45) is 5.68. The van der Waals surface area contributed by atoms with Gasteiger partial charge in [-0.1, -0.05) is 23.7 Å². The molecule has 5 rings (SSSR count). The summed E-state index contributed by atoms with van der Waals surface area (Å²) in [5.74, 6) is 0.824. The number of nitrogens with zero attached hydrogens (tertiary/aromatic N) is 4. The highest BCUT2D eigenvalue weighted by Gasteiger charge is 2.30. The van der Waals surface area contributed by atoms with Gasteiger partial charge in [0.2, 0.25) is 0 Å². The summed E-state index contributed by atoms with van der Waals surface area (Å²) in [6.45, 7) is 2.00. The fraction of sp³-hybridized carbons (Fsp3) is 0.217. The van der Waals surface area contributed by atoms with E-state index in [2.05, 4.69) is 45.2 Å². The number of thiophene rings is 1. The topological polar surface area (TPSA) is 66.2 Å². The van der Waals surface area contributed by atoms with Gasteiger partial charge in [-0.2, -0.15) is 0 Å². The Balaban J connectivity index is 1.61. The minimum Gasteiger partial charge on any atom is -0.384 e. The number of benzene rings is 1. The number of nitrogens with one attached hydrogen (secondary N) is 1. The van der Waals surface area contributed by atoms with Crippen molar-refractivity contribution in [2.24, 2.45) is 0 Å². The first-order valence-electron chi connectivity index (χ1n) is 10.2. The third-order valence-corrected chi connectivity index (χ3v) is 8.15. The molecule has 0 radical (unpaired) electrons. The normalized spacial score (nSPS) is 18.4. The number of hydrogen-bond donors (Lipinski definition) is 2. The summed E-state index contributed by atoms with van der Waals surface area (Å²) in [5.41, 5.74) is 3.75. The molecule has 4 aromatic rings. The van der Waals surface area contributed by atoms with Crippen molar-refractivity contribution >= 4 is 31.7 Å². The van der Waals surface area contributed by atoms with Gasteiger partial charge in [-0.25, -0.2) is 9.97 Å². The first-order chi connectivity index (χ1) is 15.5. The Labute approximate surface area is 197 Å². The lowest BCUT2D eigenvalue weighted by molar-refractivity contribution is 0.217. The molecule has 3 atom stereocenters. The van der Waals surface area contributed by atoms with E-state index in [4.69, 9.17) is 11.6 Å². The van der Waals surface area contributed by atoms with Gasteiger partial charge in [0.15, 0.2) is 0 Å². The number of aliphatic hydroxyl groups is 1. The first kappa shape index (κ1) is 21.7. The molecule has 4 heterocycles. The van der Waals surface area contributed by atoms with Crippen LogP contribution >= 0.6 is 31.7 Å². The SMILES string of the molecule is Cc1cc(-c2cc(C(O)c3ccc(Cl)cc3)c(C3NCPN3C)s2)cc(-n2ccnc2)n1. The maximum atomic E-state index is 11.3. The van der Waals surface area contributed by atoms with Crippen molar-refractivity contribution < 1.29 is 5.11 Å². The summed E-state index contributed by atoms with van der Waals surface area (Å²) in [7, 11) is 2.83. The Kier molecular flexibility index (Phi) is 6.12. The molecule has 1 aliphatic rings. The molecule has 0 aliphatic carbocycles. The van der Waals surface area contributed by atoms with Crippen LogP contribution in [-0.4, -0.2) is 37.6 Å². The number of aryl methyl sites for hydroxylation is 1. The third kappa shape index (κ3) is 4.25. The molecule has 9 heteroatoms. The lowest BCUT2D eigenvalue weighted by atomic mass is 10.00. The summed E-state index contributed by atoms with van der Waals surface area (Å²) in [6, 6.07) is 13.7. The van der Waals surface area contributed by atoms with Gasteiger partial charge in [-0.05, 0) is 64.2 Å². The Morgan fingerprint density at radius 1 is 1.25 bits per heavy atom. The van der Waals surface area contributed by atoms with Crippen molar-refractivity contribution in [2.75, 3.05) is 13.3 Å². The van der Waals surface area contributed by atoms with E-state index in [9.17, 15) is 5.11 Å². The molecule has 0 bridgehead atoms. The second kappa shape index (κ2) is 9.02. The van der Waals surface area contributed by atoms with Crippen molar-refractivity contribution in [3.63, 3.8) is 0 Å². The average molecular weight is 484 g/mol. The van der Waals surface area contributed by atoms with Gasteiger partial charge in [0.25, 0.3) is 0 Å². The number of aliphatic hydroxyl groups excluding tert-OH is 1. The van der Waals surface area contributed by atoms with Crippen molar-refractivity contribution in [2.45, 2.75) is 19.2 Å². The molecule has 0 amide bonds. The third-order valence-electron chi connectivity index (χ3n) is 5.52. The summed E-state index contributed by atoms with van der Waals surface area (Å²) < 4.78 is 4.21. The van der Waals surface area contributed by atoms with E-state index >= 15 is 0 Å². The molecule has 1 aromatic carbocycles. The van der Waals surface area contributed by atoms with Gasteiger partial charge in [0, 0.05) is 44.7 Å². The molecule has 1 aliphatic heterocycles. The van der Waals surface area contributed by atoms with E-state index in [0.29, 0.717) is 13.8 Å². The van der Waals surface area contributed by atoms with Crippen LogP contribution in [0.2, 0.25) is 5.02 Å². The summed E-state index contributed by atoms with van der Waals surface area (Å²) >= 11 is 7.78. The van der Waals surface area contributed by atoms with E-state index in [0.717, 1.165) is 44.2 Å². The minimum absolute atomic E-state index is 0.0834. The van der Waals surface area contributed by atoms with Crippen molar-refractivity contribution in [3.8, 4) is 16.3 Å². The smallest absolute Gasteiger partial charge is 0.138 e. The van der Waals surface area contributed by atoms with Crippen LogP contribution in [0, 0.1) is 6.92 Å². The van der Waals surface area contributed by atoms with E-state index in [1.165, 1.54) is 0 Å². The van der Waals surface area contributed by atoms with E-state index in [1.54, 1.807) is 23.9 Å². The molecule has 0 saturated carbocycles. The van der Waals surface area contributed by atoms with E-state index in [1.807, 2.05) is 42.0 Å². The second-order valence-electron chi connectivity index (χ2n) is 7.76. The molecule has 2 N–H and O–H groups in total. The molecule has 3 unspecified atom stereocenters. The van der Waals surface area contributed by atoms with Crippen LogP contribution in [0.1, 0.15) is 34.0 Å². The highest BCUT2D eigenvalue weighted by molar-refractivity contribution is 7.35. The fourth-order valence-corrected chi connectivity index (χ4v) is 6.35. The lowest BCUT2D eigenvalue weighted by Gasteiger charge is -2.21. The zero-order chi connectivity index (χ0) is 22.2. The number of rotatable bonds is 5. The fourth-order valence-electron chi connectivity index (χ4n) is 3.90. The summed E-state index contributed by atoms with van der Waals surface area (Å²) in [4.78, 5) is 11.0. The average Bonchev–Trinajstić information content (AvgIpc) is 3.54. The Hall–Kier alpha value is -2.12. The van der Waals surface area contributed by atoms with Gasteiger partial charge in [0.1, 0.15) is 18.2 Å². The summed E-state index contributed by atoms with van der Waals surface area (Å²) in [5, 5.41) is 15.6. The van der Waals surface area contributed by atoms with Crippen LogP contribution in [0.25, 0.3) is 16.3 Å². The van der Waals surface area contributed by atoms with Crippen LogP contribution in [0.15, 0.2) is 61.2 Å². The Morgan fingerprint density at radius 2 is 2.06 bits per heavy atom. The van der Waals surface area contributed by atoms with Crippen LogP contribution in [0.4, 0.5) is 0 Å². The van der Waals surface area contributed by atoms with Crippen molar-refractivity contribution in [3.05, 3.63) is 87.9 Å². The predicted octanol–water partition coefficient (Wildman–Crippen LogP) is 5.12. The zero-order valence-electron chi connectivity index (χ0n) is 17.7. The van der Waals surface area contributed by atoms with Crippen molar-refractivity contribution in [1.82, 2.24) is 24.5 Å². The van der Waals surface area contributed by atoms with E-state index < -0.39 is 6.10 Å². The maximum absolute atomic E-state index is 11.3. The van der Waals surface area contributed by atoms with Crippen LogP contribution in [-0.2, 0) is 0 Å². The number of pyridine rings is 1. The molecular formula is C23H23ClN5OPS. The lowest BCUT2D eigenvalue weighted by Crippen LogP contribution is -2.22. The van der Waals surface area contributed by atoms with Gasteiger partial charge in [-0.3, -0.25) is 14.6 Å². The van der Waals surface area contributed by atoms with Crippen molar-refractivity contribution in [1.29, 1.82) is 0 Å². The second-order valence-corrected chi connectivity index (χ2v) is 10.7. The highest BCUT2D eigenvalue weighted by Crippen LogP contribution is 2.44. The predicted molar refractivity (Wildman–Crippen MR) is 132 cm³/mol. The highest BCUT2D eigenvalue weighted by atomic mass is 35.5. The number of imidazole rings is 1. The van der Waals surface area contributed by atoms with Gasteiger partial charge >= 0.3 is 0 Å². The molecule has 0 spiro atoms.